The molecule has 1 atom stereocenters. The minimum absolute atomic E-state index is 0.130. The lowest BCUT2D eigenvalue weighted by atomic mass is 9.80. The molecule has 1 N–H and O–H groups in total. The minimum atomic E-state index is -3.94. The molecular weight excluding hydrogens is 1470 g/mol. The van der Waals surface area contributed by atoms with E-state index in [1.54, 1.807) is 0 Å². The van der Waals surface area contributed by atoms with Crippen LogP contribution in [0.4, 0.5) is 0 Å². The van der Waals surface area contributed by atoms with Crippen LogP contribution in [0, 0.1) is 37.0 Å². The van der Waals surface area contributed by atoms with Crippen molar-refractivity contribution in [2.75, 3.05) is 19.8 Å². The number of benzene rings is 12. The molecule has 514 valence electrons. The normalized spacial score (nSPS) is 12.0. The molecule has 0 radical (unpaired) electrons. The van der Waals surface area contributed by atoms with Gasteiger partial charge < -0.3 is 9.63 Å². The fourth-order valence-corrected chi connectivity index (χ4v) is 20.5. The van der Waals surface area contributed by atoms with E-state index in [0.29, 0.717) is 0 Å². The van der Waals surface area contributed by atoms with Gasteiger partial charge in [-0.25, -0.2) is 0 Å². The Morgan fingerprint density at radius 2 is 0.441 bits per heavy atom. The Kier molecular flexibility index (Phi) is 30.5. The summed E-state index contributed by atoms with van der Waals surface area (Å²) in [5.74, 6) is 2.34. The molecule has 12 rings (SSSR count). The molecule has 17 heteroatoms. The van der Waals surface area contributed by atoms with E-state index < -0.39 is 47.2 Å². The first-order valence-corrected chi connectivity index (χ1v) is 43.4. The quantitative estimate of drug-likeness (QED) is 0.0435. The zero-order valence-electron chi connectivity index (χ0n) is 54.9. The maximum atomic E-state index is 14.5. The number of hydrogen-bond donors (Lipinski definition) is 1. The molecule has 0 saturated heterocycles. The van der Waals surface area contributed by atoms with Crippen molar-refractivity contribution in [3.05, 3.63) is 431 Å². The van der Waals surface area contributed by atoms with Gasteiger partial charge in [0.25, 0.3) is 5.85 Å². The van der Waals surface area contributed by atoms with Crippen LogP contribution in [0.1, 0.15) is 66.8 Å². The maximum Gasteiger partial charge on any atom is 0.351 e. The molecular formula is C85H70Cl6O7P4. The smallest absolute Gasteiger partial charge is 0.351 e. The van der Waals surface area contributed by atoms with Crippen LogP contribution in [-0.2, 0) is 48.3 Å². The van der Waals surface area contributed by atoms with Gasteiger partial charge in [0.05, 0.1) is 0 Å². The summed E-state index contributed by atoms with van der Waals surface area (Å²) in [6.07, 6.45) is 16.2. The fraction of sp³-hybridized carbons (Fsp3) is 0.0824. The van der Waals surface area contributed by atoms with E-state index in [9.17, 15) is 18.8 Å². The Hall–Kier alpha value is -7.98. The predicted molar refractivity (Wildman–Crippen MR) is 428 cm³/mol. The molecule has 1 unspecified atom stereocenters. The van der Waals surface area contributed by atoms with Crippen molar-refractivity contribution >= 4 is 93.6 Å². The lowest BCUT2D eigenvalue weighted by molar-refractivity contribution is 0.125. The number of halogens is 6. The van der Waals surface area contributed by atoms with Crippen LogP contribution in [0.5, 0.6) is 0 Å². The summed E-state index contributed by atoms with van der Waals surface area (Å²) in [5, 5.41) is 7.91. The molecule has 0 aromatic heterocycles. The highest BCUT2D eigenvalue weighted by Crippen LogP contribution is 2.76. The van der Waals surface area contributed by atoms with Crippen molar-refractivity contribution in [2.45, 2.75) is 21.1 Å². The average molecular weight is 1540 g/mol. The van der Waals surface area contributed by atoms with Crippen molar-refractivity contribution in [3.63, 3.8) is 0 Å². The van der Waals surface area contributed by atoms with Crippen molar-refractivity contribution in [1.29, 1.82) is 0 Å². The molecule has 102 heavy (non-hydrogen) atoms. The first-order valence-electron chi connectivity index (χ1n) is 31.7. The van der Waals surface area contributed by atoms with Gasteiger partial charge in [-0.05, 0) is 100 Å². The van der Waals surface area contributed by atoms with E-state index in [2.05, 4.69) is 17.8 Å². The van der Waals surface area contributed by atoms with Crippen LogP contribution in [0.2, 0.25) is 0 Å². The highest BCUT2D eigenvalue weighted by atomic mass is 36.0. The number of rotatable bonds is 21. The average Bonchev–Trinajstić information content (AvgIpc) is 0.676. The van der Waals surface area contributed by atoms with Gasteiger partial charge in [0.1, 0.15) is 40.9 Å². The molecule has 0 aliphatic heterocycles. The first kappa shape index (κ1) is 79.7. The second-order valence-corrected chi connectivity index (χ2v) is 37.7. The molecule has 12 aromatic rings. The van der Waals surface area contributed by atoms with Gasteiger partial charge in [0, 0.05) is 0 Å². The lowest BCUT2D eigenvalue weighted by Gasteiger charge is -2.40. The van der Waals surface area contributed by atoms with Gasteiger partial charge in [0.15, 0.2) is 5.98 Å². The van der Waals surface area contributed by atoms with Gasteiger partial charge in [-0.3, -0.25) is 22.7 Å². The zero-order chi connectivity index (χ0) is 72.8. The number of terminal acetylenes is 3. The van der Waals surface area contributed by atoms with Crippen molar-refractivity contribution in [1.82, 2.24) is 0 Å². The van der Waals surface area contributed by atoms with Crippen molar-refractivity contribution < 1.29 is 32.4 Å². The second kappa shape index (κ2) is 39.1. The summed E-state index contributed by atoms with van der Waals surface area (Å²) in [6, 6.07) is 115. The monoisotopic (exact) mass is 1540 g/mol. The summed E-state index contributed by atoms with van der Waals surface area (Å²) in [7, 11) is -3.94. The van der Waals surface area contributed by atoms with E-state index in [1.807, 2.05) is 364 Å². The Morgan fingerprint density at radius 1 is 0.284 bits per heavy atom. The SMILES string of the molecule is C#CCOP(=O)(Cl)C(c1ccccc1)(c1ccccc1)c1ccccc1.C#CCOP(=O)(OCC#C)C(c1ccccc1)(c1ccccc1)c1ccccc1.ClP(Cl)Cl.O=P(Cl)(Cl)C(c1ccccc1)(c1ccccc1)c1ccccc1.OC(c1ccccc1)(c1ccccc1)c1ccccc1. The molecule has 0 fully saturated rings. The summed E-state index contributed by atoms with van der Waals surface area (Å²) in [4.78, 5) is 0. The molecule has 0 heterocycles. The summed E-state index contributed by atoms with van der Waals surface area (Å²) < 4.78 is 58.7. The number of hydrogen-bond acceptors (Lipinski definition) is 7. The molecule has 0 aliphatic carbocycles. The van der Waals surface area contributed by atoms with Crippen LogP contribution in [0.15, 0.2) is 364 Å². The zero-order valence-corrected chi connectivity index (χ0v) is 63.1. The van der Waals surface area contributed by atoms with E-state index >= 15 is 0 Å². The predicted octanol–water partition coefficient (Wildman–Crippen LogP) is 25.1. The minimum Gasteiger partial charge on any atom is -0.376 e. The van der Waals surface area contributed by atoms with E-state index in [-0.39, 0.29) is 19.8 Å². The molecule has 0 saturated carbocycles. The van der Waals surface area contributed by atoms with Crippen molar-refractivity contribution in [2.24, 2.45) is 0 Å². The van der Waals surface area contributed by atoms with Crippen LogP contribution in [0.25, 0.3) is 0 Å². The van der Waals surface area contributed by atoms with Gasteiger partial charge >= 0.3 is 14.3 Å². The summed E-state index contributed by atoms with van der Waals surface area (Å²) in [6.45, 7) is -4.26. The van der Waals surface area contributed by atoms with E-state index in [4.69, 9.17) is 100 Å². The Labute approximate surface area is 629 Å². The van der Waals surface area contributed by atoms with Gasteiger partial charge in [0.2, 0.25) is 0 Å². The third kappa shape index (κ3) is 18.7. The summed E-state index contributed by atoms with van der Waals surface area (Å²) in [5.41, 5.74) is 8.56. The topological polar surface area (TPSA) is 99.1 Å². The van der Waals surface area contributed by atoms with E-state index in [0.717, 1.165) is 66.8 Å². The molecule has 0 amide bonds. The van der Waals surface area contributed by atoms with E-state index in [1.165, 1.54) is 0 Å². The summed E-state index contributed by atoms with van der Waals surface area (Å²) >= 11 is 34.1. The first-order chi connectivity index (χ1) is 49.4. The Morgan fingerprint density at radius 3 is 0.618 bits per heavy atom. The van der Waals surface area contributed by atoms with Crippen LogP contribution < -0.4 is 0 Å². The van der Waals surface area contributed by atoms with Gasteiger partial charge in [-0.15, -0.1) is 19.3 Å². The van der Waals surface area contributed by atoms with Gasteiger partial charge in [-0.2, -0.15) is 0 Å². The molecule has 0 bridgehead atoms. The fourth-order valence-electron chi connectivity index (χ4n) is 12.2. The standard InChI is InChI=1S/C25H21O3P.C22H18ClO2P.C19H15Cl2OP.C19H16O.Cl3P/c1-3-20-27-29(26,28-21-4-2)25(22-14-8-5-9-15-22,23-16-10-6-11-17-23)24-18-12-7-13-19-24;1-2-18-25-26(23,24)22(19-12-6-3-7-13-19,20-14-8-4-9-15-20)21-16-10-5-11-17-21;20-23(21,22)19(16-10-4-1-5-11-16,17-12-6-2-7-13-17)18-14-8-3-9-15-18;20-19(16-10-4-1-5-11-16,17-12-6-2-7-13-17)18-14-8-3-9-15-18;1-4(2)3/h1-2,5-19H,20-21H2;1,3-17H,18H2;1-15H;1-15,20H;. The maximum absolute atomic E-state index is 14.5. The van der Waals surface area contributed by atoms with Crippen molar-refractivity contribution in [3.8, 4) is 37.0 Å². The van der Waals surface area contributed by atoms with Crippen LogP contribution in [0.3, 0.4) is 0 Å². The molecule has 0 aliphatic rings. The third-order valence-electron chi connectivity index (χ3n) is 16.5. The second-order valence-electron chi connectivity index (χ2n) is 22.3. The number of aliphatic hydroxyl groups is 1. The highest BCUT2D eigenvalue weighted by molar-refractivity contribution is 8.20. The third-order valence-corrected chi connectivity index (χ3v) is 25.2. The lowest BCUT2D eigenvalue weighted by Crippen LogP contribution is -2.31. The molecule has 12 aromatic carbocycles. The van der Waals surface area contributed by atoms with Crippen LogP contribution in [-0.4, -0.2) is 24.9 Å². The Balaban J connectivity index is 0.000000171. The van der Waals surface area contributed by atoms with Gasteiger partial charge in [-0.1, -0.05) is 415 Å². The largest absolute Gasteiger partial charge is 0.376 e. The highest BCUT2D eigenvalue weighted by Gasteiger charge is 2.56. The molecule has 7 nitrogen and oxygen atoms in total. The Bertz CT molecular complexity index is 4330. The molecule has 0 spiro atoms. The van der Waals surface area contributed by atoms with Crippen LogP contribution >= 0.6 is 93.6 Å².